The number of carbonyl (C=O) groups excluding carboxylic acids is 2. The first-order chi connectivity index (χ1) is 12.1. The van der Waals surface area contributed by atoms with Gasteiger partial charge in [0.15, 0.2) is 6.61 Å². The predicted octanol–water partition coefficient (Wildman–Crippen LogP) is 4.19. The number of likely N-dealkylation sites (tertiary alicyclic amines) is 1. The van der Waals surface area contributed by atoms with Crippen LogP contribution in [0.3, 0.4) is 0 Å². The molecule has 1 amide bonds. The molecule has 2 fully saturated rings. The van der Waals surface area contributed by atoms with E-state index in [2.05, 4.69) is 15.9 Å². The molecular formula is C20H24BrNO3. The number of hydrogen-bond acceptors (Lipinski definition) is 3. The van der Waals surface area contributed by atoms with E-state index >= 15 is 0 Å². The second-order valence-corrected chi connectivity index (χ2v) is 7.66. The standard InChI is InChI=1S/C20H24BrNO3/c21-17-9-3-1-6-15(17)11-12-20(24)25-14-19(23)22-13-5-8-16-7-2-4-10-18(16)22/h1,3,6,9,11-12,16,18H,2,4-5,7-8,10,13-14H2/b12-11+/t16-,18+/m1/s1. The number of rotatable bonds is 4. The number of hydrogen-bond donors (Lipinski definition) is 0. The van der Waals surface area contributed by atoms with Crippen molar-refractivity contribution in [2.75, 3.05) is 13.2 Å². The normalized spacial score (nSPS) is 23.3. The van der Waals surface area contributed by atoms with Gasteiger partial charge in [-0.2, -0.15) is 0 Å². The molecule has 0 unspecified atom stereocenters. The number of fused-ring (bicyclic) bond motifs is 1. The van der Waals surface area contributed by atoms with Crippen LogP contribution >= 0.6 is 15.9 Å². The Hall–Kier alpha value is -1.62. The Balaban J connectivity index is 1.51. The van der Waals surface area contributed by atoms with Gasteiger partial charge in [-0.1, -0.05) is 47.0 Å². The fraction of sp³-hybridized carbons (Fsp3) is 0.500. The molecule has 134 valence electrons. The van der Waals surface area contributed by atoms with Crippen molar-refractivity contribution in [3.05, 3.63) is 40.4 Å². The van der Waals surface area contributed by atoms with Crippen molar-refractivity contribution in [1.29, 1.82) is 0 Å². The Labute approximate surface area is 157 Å². The van der Waals surface area contributed by atoms with Crippen LogP contribution in [0.15, 0.2) is 34.8 Å². The highest BCUT2D eigenvalue weighted by Gasteiger charge is 2.35. The van der Waals surface area contributed by atoms with E-state index in [1.54, 1.807) is 6.08 Å². The van der Waals surface area contributed by atoms with E-state index in [0.717, 1.165) is 29.4 Å². The molecular weight excluding hydrogens is 382 g/mol. The Morgan fingerprint density at radius 1 is 1.16 bits per heavy atom. The zero-order valence-electron chi connectivity index (χ0n) is 14.3. The third kappa shape index (κ3) is 4.72. The van der Waals surface area contributed by atoms with Gasteiger partial charge >= 0.3 is 5.97 Å². The molecule has 0 spiro atoms. The quantitative estimate of drug-likeness (QED) is 0.557. The van der Waals surface area contributed by atoms with E-state index in [1.165, 1.54) is 31.8 Å². The number of piperidine rings is 1. The van der Waals surface area contributed by atoms with E-state index in [1.807, 2.05) is 29.2 Å². The lowest BCUT2D eigenvalue weighted by Gasteiger charge is -2.44. The summed E-state index contributed by atoms with van der Waals surface area (Å²) in [7, 11) is 0. The molecule has 1 aliphatic carbocycles. The summed E-state index contributed by atoms with van der Waals surface area (Å²) in [4.78, 5) is 26.4. The van der Waals surface area contributed by atoms with E-state index in [9.17, 15) is 9.59 Å². The Kier molecular flexibility index (Phi) is 6.29. The van der Waals surface area contributed by atoms with Crippen LogP contribution < -0.4 is 0 Å². The molecule has 2 atom stereocenters. The molecule has 5 heteroatoms. The molecule has 25 heavy (non-hydrogen) atoms. The summed E-state index contributed by atoms with van der Waals surface area (Å²) in [5, 5.41) is 0. The first kappa shape index (κ1) is 18.2. The molecule has 0 N–H and O–H groups in total. The van der Waals surface area contributed by atoms with Gasteiger partial charge in [-0.25, -0.2) is 4.79 Å². The van der Waals surface area contributed by atoms with Gasteiger partial charge in [0.2, 0.25) is 0 Å². The van der Waals surface area contributed by atoms with Gasteiger partial charge in [0.05, 0.1) is 0 Å². The lowest BCUT2D eigenvalue weighted by Crippen LogP contribution is -2.50. The molecule has 0 aromatic heterocycles. The number of amides is 1. The van der Waals surface area contributed by atoms with Gasteiger partial charge in [0.25, 0.3) is 5.91 Å². The number of carbonyl (C=O) groups is 2. The van der Waals surface area contributed by atoms with Crippen molar-refractivity contribution < 1.29 is 14.3 Å². The number of esters is 1. The maximum atomic E-state index is 12.5. The van der Waals surface area contributed by atoms with Crippen LogP contribution in [0.25, 0.3) is 6.08 Å². The molecule has 2 aliphatic rings. The van der Waals surface area contributed by atoms with Crippen molar-refractivity contribution in [2.24, 2.45) is 5.92 Å². The van der Waals surface area contributed by atoms with Crippen LogP contribution in [0.1, 0.15) is 44.1 Å². The monoisotopic (exact) mass is 405 g/mol. The summed E-state index contributed by atoms with van der Waals surface area (Å²) >= 11 is 3.43. The van der Waals surface area contributed by atoms with Crippen LogP contribution in [0.4, 0.5) is 0 Å². The molecule has 1 aromatic carbocycles. The van der Waals surface area contributed by atoms with E-state index in [-0.39, 0.29) is 12.5 Å². The van der Waals surface area contributed by atoms with Gasteiger partial charge in [-0.3, -0.25) is 4.79 Å². The van der Waals surface area contributed by atoms with Gasteiger partial charge in [0, 0.05) is 23.1 Å². The lowest BCUT2D eigenvalue weighted by molar-refractivity contribution is -0.151. The van der Waals surface area contributed by atoms with Crippen molar-refractivity contribution in [3.8, 4) is 0 Å². The number of halogens is 1. The predicted molar refractivity (Wildman–Crippen MR) is 101 cm³/mol. The van der Waals surface area contributed by atoms with Crippen molar-refractivity contribution >= 4 is 33.9 Å². The van der Waals surface area contributed by atoms with Crippen molar-refractivity contribution in [2.45, 2.75) is 44.6 Å². The molecule has 3 rings (SSSR count). The first-order valence-electron chi connectivity index (χ1n) is 9.04. The molecule has 1 aromatic rings. The molecule has 0 bridgehead atoms. The van der Waals surface area contributed by atoms with E-state index in [0.29, 0.717) is 12.0 Å². The number of nitrogens with zero attached hydrogens (tertiary/aromatic N) is 1. The molecule has 4 nitrogen and oxygen atoms in total. The van der Waals surface area contributed by atoms with Crippen LogP contribution in [0, 0.1) is 5.92 Å². The van der Waals surface area contributed by atoms with E-state index in [4.69, 9.17) is 4.74 Å². The highest BCUT2D eigenvalue weighted by molar-refractivity contribution is 9.10. The molecule has 1 saturated heterocycles. The van der Waals surface area contributed by atoms with Gasteiger partial charge in [0.1, 0.15) is 0 Å². The van der Waals surface area contributed by atoms with Crippen LogP contribution in [-0.4, -0.2) is 36.0 Å². The largest absolute Gasteiger partial charge is 0.452 e. The summed E-state index contributed by atoms with van der Waals surface area (Å²) < 4.78 is 6.08. The number of ether oxygens (including phenoxy) is 1. The minimum absolute atomic E-state index is 0.0563. The van der Waals surface area contributed by atoms with E-state index < -0.39 is 5.97 Å². The minimum atomic E-state index is -0.485. The van der Waals surface area contributed by atoms with Crippen molar-refractivity contribution in [1.82, 2.24) is 4.90 Å². The highest BCUT2D eigenvalue weighted by Crippen LogP contribution is 2.35. The Bertz CT molecular complexity index is 656. The Morgan fingerprint density at radius 2 is 1.92 bits per heavy atom. The number of benzene rings is 1. The molecule has 1 aliphatic heterocycles. The fourth-order valence-electron chi connectivity index (χ4n) is 3.97. The van der Waals surface area contributed by atoms with Gasteiger partial charge < -0.3 is 9.64 Å². The lowest BCUT2D eigenvalue weighted by atomic mass is 9.78. The molecule has 1 saturated carbocycles. The second-order valence-electron chi connectivity index (χ2n) is 6.80. The van der Waals surface area contributed by atoms with Crippen LogP contribution in [-0.2, 0) is 14.3 Å². The Morgan fingerprint density at radius 3 is 2.76 bits per heavy atom. The summed E-state index contributed by atoms with van der Waals surface area (Å²) in [6.45, 7) is 0.632. The zero-order valence-corrected chi connectivity index (χ0v) is 15.9. The summed E-state index contributed by atoms with van der Waals surface area (Å²) in [5.74, 6) is 0.0954. The van der Waals surface area contributed by atoms with Crippen molar-refractivity contribution in [3.63, 3.8) is 0 Å². The third-order valence-electron chi connectivity index (χ3n) is 5.21. The average molecular weight is 406 g/mol. The average Bonchev–Trinajstić information content (AvgIpc) is 2.65. The zero-order chi connectivity index (χ0) is 17.6. The van der Waals surface area contributed by atoms with Gasteiger partial charge in [-0.15, -0.1) is 0 Å². The SMILES string of the molecule is O=C(/C=C/c1ccccc1Br)OCC(=O)N1CCC[C@H]2CCCC[C@@H]21. The summed E-state index contributed by atoms with van der Waals surface area (Å²) in [6, 6.07) is 7.97. The van der Waals surface area contributed by atoms with Crippen LogP contribution in [0.5, 0.6) is 0 Å². The summed E-state index contributed by atoms with van der Waals surface area (Å²) in [5.41, 5.74) is 0.895. The first-order valence-corrected chi connectivity index (χ1v) is 9.83. The second kappa shape index (κ2) is 8.65. The minimum Gasteiger partial charge on any atom is -0.452 e. The smallest absolute Gasteiger partial charge is 0.331 e. The maximum absolute atomic E-state index is 12.5. The maximum Gasteiger partial charge on any atom is 0.331 e. The summed E-state index contributed by atoms with van der Waals surface area (Å²) in [6.07, 6.45) is 10.1. The molecule has 1 heterocycles. The third-order valence-corrected chi connectivity index (χ3v) is 5.93. The van der Waals surface area contributed by atoms with Crippen LogP contribution in [0.2, 0.25) is 0 Å². The van der Waals surface area contributed by atoms with Gasteiger partial charge in [-0.05, 0) is 49.3 Å². The molecule has 0 radical (unpaired) electrons. The topological polar surface area (TPSA) is 46.6 Å². The highest BCUT2D eigenvalue weighted by atomic mass is 79.9. The fourth-order valence-corrected chi connectivity index (χ4v) is 4.38.